The van der Waals surface area contributed by atoms with Gasteiger partial charge >= 0.3 is 10.0 Å². The maximum Gasteiger partial charge on any atom is 0.371 e. The van der Waals surface area contributed by atoms with Crippen molar-refractivity contribution in [2.75, 3.05) is 84.6 Å². The van der Waals surface area contributed by atoms with Crippen molar-refractivity contribution in [1.29, 1.82) is 0 Å². The normalized spacial score (nSPS) is 30.3. The van der Waals surface area contributed by atoms with Crippen LogP contribution < -0.4 is 14.4 Å². The Bertz CT molecular complexity index is 1710. The highest BCUT2D eigenvalue weighted by molar-refractivity contribution is 7.90. The summed E-state index contributed by atoms with van der Waals surface area (Å²) in [6.07, 6.45) is 9.72. The van der Waals surface area contributed by atoms with E-state index in [0.717, 1.165) is 49.4 Å². The maximum absolute atomic E-state index is 13.6. The number of halogens is 1. The number of carbonyl (C=O) groups excluding carboxylic acids is 1. The summed E-state index contributed by atoms with van der Waals surface area (Å²) in [7, 11) is -2.06. The van der Waals surface area contributed by atoms with Gasteiger partial charge in [-0.15, -0.1) is 0 Å². The first-order valence-corrected chi connectivity index (χ1v) is 21.4. The number of methoxy groups -OCH3 is 1. The van der Waals surface area contributed by atoms with Gasteiger partial charge in [0.1, 0.15) is 11.0 Å². The molecule has 2 bridgehead atoms. The van der Waals surface area contributed by atoms with Gasteiger partial charge in [-0.3, -0.25) is 4.79 Å². The lowest BCUT2D eigenvalue weighted by Crippen LogP contribution is -2.49. The molecule has 2 N–H and O–H groups in total. The standard InChI is InChI=1S/C41H57ClN2O9S/c1-29-6-4-8-38(52-23-22-51-21-20-50-19-18-49-17-16-48-3)35-12-9-33(35)26-44-27-41(15-5-7-31-24-34(42)11-13-36(31)41)28-53-39-14-10-32(25-37(39)44)40(45)43-54(46,47)30(29)2/h4,8,10-11,13-14,24-25,29-30,33,35,38H,5-7,9,12,15-23,26-28H2,1-3H3,(H,43,45,46,47)/p+1/b8-4+/t29-,30+,33-,35+,38-,41-/m0/s1. The maximum atomic E-state index is 13.6. The number of hydrogen-bond acceptors (Lipinski definition) is 9. The van der Waals surface area contributed by atoms with Gasteiger partial charge in [0.15, 0.2) is 0 Å². The molecule has 2 aromatic carbocycles. The van der Waals surface area contributed by atoms with Crippen LogP contribution in [0.1, 0.15) is 67.4 Å². The van der Waals surface area contributed by atoms with Crippen molar-refractivity contribution in [2.45, 2.75) is 69.1 Å². The highest BCUT2D eigenvalue weighted by Gasteiger charge is 2.45. The van der Waals surface area contributed by atoms with E-state index < -0.39 is 21.2 Å². The Morgan fingerprint density at radius 2 is 1.74 bits per heavy atom. The molecule has 0 aromatic heterocycles. The SMILES string of the molecule is COCCOCCOCCOCCO[C@H]1/C=C/C[C@H](C)[C@@H](C)S(=O)(=[OH+])NC(=O)c2ccc3c(c2)N(C[C@@H]2CC[C@H]21)C[C@@]1(CCCc2cc(Cl)ccc21)CO3. The molecule has 0 saturated heterocycles. The number of rotatable bonds is 13. The third-order valence-electron chi connectivity index (χ3n) is 11.7. The molecule has 6 rings (SSSR count). The number of allylic oxidation sites excluding steroid dienone is 1. The molecular weight excluding hydrogens is 732 g/mol. The second-order valence-electron chi connectivity index (χ2n) is 15.3. The molecule has 13 heteroatoms. The van der Waals surface area contributed by atoms with Gasteiger partial charge in [0, 0.05) is 36.2 Å². The first-order chi connectivity index (χ1) is 26.1. The van der Waals surface area contributed by atoms with E-state index in [0.29, 0.717) is 89.7 Å². The van der Waals surface area contributed by atoms with E-state index in [-0.39, 0.29) is 23.4 Å². The van der Waals surface area contributed by atoms with Crippen molar-refractivity contribution in [3.8, 4) is 5.75 Å². The molecule has 1 fully saturated rings. The number of carbonyl (C=O) groups is 1. The van der Waals surface area contributed by atoms with E-state index >= 15 is 0 Å². The van der Waals surface area contributed by atoms with Gasteiger partial charge in [0.05, 0.1) is 71.3 Å². The largest absolute Gasteiger partial charge is 0.490 e. The number of hydrogen-bond donors (Lipinski definition) is 1. The number of amides is 1. The average molecular weight is 790 g/mol. The number of nitrogens with one attached hydrogen (secondary N) is 1. The quantitative estimate of drug-likeness (QED) is 0.145. The van der Waals surface area contributed by atoms with Crippen molar-refractivity contribution >= 4 is 33.2 Å². The molecule has 1 unspecified atom stereocenters. The van der Waals surface area contributed by atoms with Gasteiger partial charge in [0.25, 0.3) is 5.91 Å². The van der Waals surface area contributed by atoms with E-state index in [9.17, 15) is 13.2 Å². The molecule has 2 aliphatic carbocycles. The van der Waals surface area contributed by atoms with Crippen LogP contribution in [-0.2, 0) is 45.5 Å². The summed E-state index contributed by atoms with van der Waals surface area (Å²) >= 11 is 6.47. The second-order valence-corrected chi connectivity index (χ2v) is 17.8. The van der Waals surface area contributed by atoms with Gasteiger partial charge in [-0.1, -0.05) is 36.7 Å². The van der Waals surface area contributed by atoms with Gasteiger partial charge in [-0.05, 0) is 105 Å². The number of ether oxygens (including phenoxy) is 6. The summed E-state index contributed by atoms with van der Waals surface area (Å²) in [4.78, 5) is 16.0. The third kappa shape index (κ3) is 9.99. The van der Waals surface area contributed by atoms with E-state index in [4.69, 9.17) is 40.0 Å². The highest BCUT2D eigenvalue weighted by Crippen LogP contribution is 2.47. The van der Waals surface area contributed by atoms with Crippen molar-refractivity contribution in [1.82, 2.24) is 4.72 Å². The number of aryl methyl sites for hydroxylation is 1. The molecule has 1 amide bonds. The molecule has 2 heterocycles. The molecule has 2 aromatic rings. The molecule has 0 radical (unpaired) electrons. The Morgan fingerprint density at radius 1 is 1.00 bits per heavy atom. The first-order valence-electron chi connectivity index (χ1n) is 19.5. The summed E-state index contributed by atoms with van der Waals surface area (Å²) in [6, 6.07) is 11.6. The molecule has 54 heavy (non-hydrogen) atoms. The van der Waals surface area contributed by atoms with Crippen molar-refractivity contribution < 1.29 is 41.6 Å². The number of anilines is 1. The predicted octanol–water partition coefficient (Wildman–Crippen LogP) is 6.12. The predicted molar refractivity (Wildman–Crippen MR) is 210 cm³/mol. The molecule has 1 saturated carbocycles. The zero-order valence-electron chi connectivity index (χ0n) is 32.0. The summed E-state index contributed by atoms with van der Waals surface area (Å²) < 4.78 is 62.2. The van der Waals surface area contributed by atoms with E-state index in [1.807, 2.05) is 25.1 Å². The summed E-state index contributed by atoms with van der Waals surface area (Å²) in [5, 5.41) is 0.0610. The van der Waals surface area contributed by atoms with Crippen LogP contribution in [0.4, 0.5) is 5.69 Å². The minimum Gasteiger partial charge on any atom is -0.490 e. The van der Waals surface area contributed by atoms with Gasteiger partial charge in [-0.2, -0.15) is 4.21 Å². The summed E-state index contributed by atoms with van der Waals surface area (Å²) in [5.74, 6) is 0.589. The molecule has 7 atom stereocenters. The smallest absolute Gasteiger partial charge is 0.371 e. The Morgan fingerprint density at radius 3 is 2.46 bits per heavy atom. The lowest BCUT2D eigenvalue weighted by molar-refractivity contribution is -0.0455. The van der Waals surface area contributed by atoms with E-state index in [1.165, 1.54) is 11.1 Å². The monoisotopic (exact) mass is 789 g/mol. The zero-order chi connectivity index (χ0) is 38.1. The Kier molecular flexibility index (Phi) is 14.4. The third-order valence-corrected chi connectivity index (χ3v) is 13.9. The number of benzene rings is 2. The van der Waals surface area contributed by atoms with Crippen LogP contribution >= 0.6 is 11.6 Å². The fourth-order valence-electron chi connectivity index (χ4n) is 8.26. The van der Waals surface area contributed by atoms with E-state index in [2.05, 4.69) is 33.9 Å². The topological polar surface area (TPSA) is 126 Å². The van der Waals surface area contributed by atoms with Gasteiger partial charge in [0.2, 0.25) is 0 Å². The molecule has 1 spiro atoms. The molecule has 298 valence electrons. The van der Waals surface area contributed by atoms with Crippen LogP contribution in [0.3, 0.4) is 0 Å². The second kappa shape index (κ2) is 19.0. The van der Waals surface area contributed by atoms with Crippen LogP contribution in [0.25, 0.3) is 0 Å². The zero-order valence-corrected chi connectivity index (χ0v) is 33.5. The lowest BCUT2D eigenvalue weighted by Gasteiger charge is -2.46. The number of nitrogens with zero attached hydrogens (tertiary/aromatic N) is 1. The highest BCUT2D eigenvalue weighted by atomic mass is 35.5. The molecule has 4 aliphatic rings. The summed E-state index contributed by atoms with van der Waals surface area (Å²) in [5.41, 5.74) is 3.43. The van der Waals surface area contributed by atoms with Crippen LogP contribution in [0.2, 0.25) is 5.02 Å². The average Bonchev–Trinajstić information content (AvgIpc) is 3.29. The first kappa shape index (κ1) is 40.9. The Balaban J connectivity index is 1.21. The van der Waals surface area contributed by atoms with Crippen molar-refractivity contribution in [2.24, 2.45) is 17.8 Å². The Hall–Kier alpha value is -2.71. The minimum atomic E-state index is -3.70. The van der Waals surface area contributed by atoms with Crippen molar-refractivity contribution in [3.63, 3.8) is 0 Å². The van der Waals surface area contributed by atoms with Crippen LogP contribution in [-0.4, -0.2) is 105 Å². The minimum absolute atomic E-state index is 0.137. The summed E-state index contributed by atoms with van der Waals surface area (Å²) in [6.45, 7) is 9.61. The molecular formula is C41H58ClN2O9S+. The van der Waals surface area contributed by atoms with Crippen LogP contribution in [0, 0.1) is 17.8 Å². The molecule has 2 aliphatic heterocycles. The van der Waals surface area contributed by atoms with Gasteiger partial charge < -0.3 is 33.3 Å². The van der Waals surface area contributed by atoms with E-state index in [1.54, 1.807) is 20.1 Å². The van der Waals surface area contributed by atoms with Gasteiger partial charge in [-0.25, -0.2) is 8.93 Å². The lowest BCUT2D eigenvalue weighted by atomic mass is 9.68. The number of fused-ring (bicyclic) bond motifs is 4. The van der Waals surface area contributed by atoms with Crippen LogP contribution in [0.15, 0.2) is 48.6 Å². The molecule has 11 nitrogen and oxygen atoms in total. The van der Waals surface area contributed by atoms with Crippen LogP contribution in [0.5, 0.6) is 5.75 Å². The Labute approximate surface area is 326 Å². The fraction of sp³-hybridized carbons (Fsp3) is 0.634. The fourth-order valence-corrected chi connectivity index (χ4v) is 9.77. The van der Waals surface area contributed by atoms with Crippen molar-refractivity contribution in [3.05, 3.63) is 70.3 Å².